The first-order valence-electron chi connectivity index (χ1n) is 9.58. The Kier molecular flexibility index (Phi) is 16.1. The van der Waals surface area contributed by atoms with Crippen LogP contribution in [-0.2, 0) is 0 Å². The maximum Gasteiger partial charge on any atom is 0.111 e. The van der Waals surface area contributed by atoms with Gasteiger partial charge in [0.15, 0.2) is 0 Å². The summed E-state index contributed by atoms with van der Waals surface area (Å²) in [5, 5.41) is 49.9. The highest BCUT2D eigenvalue weighted by molar-refractivity contribution is 4.81. The maximum absolute atomic E-state index is 9.73. The molecule has 0 aliphatic rings. The van der Waals surface area contributed by atoms with Gasteiger partial charge >= 0.3 is 0 Å². The molecule has 0 amide bonds. The molecule has 6 N–H and O–H groups in total. The maximum atomic E-state index is 9.73. The van der Waals surface area contributed by atoms with Crippen LogP contribution in [0.4, 0.5) is 0 Å². The number of unbranched alkanes of at least 4 members (excludes halogenated alkanes) is 9. The molecule has 146 valence electrons. The second-order valence-electron chi connectivity index (χ2n) is 6.68. The Morgan fingerprint density at radius 2 is 1.12 bits per heavy atom. The van der Waals surface area contributed by atoms with Crippen LogP contribution in [0.1, 0.15) is 71.1 Å². The molecule has 6 heteroatoms. The van der Waals surface area contributed by atoms with Crippen molar-refractivity contribution in [1.29, 1.82) is 0 Å². The molecule has 4 atom stereocenters. The van der Waals surface area contributed by atoms with Crippen LogP contribution in [0.2, 0.25) is 0 Å². The Morgan fingerprint density at radius 1 is 0.667 bits per heavy atom. The average molecular weight is 350 g/mol. The van der Waals surface area contributed by atoms with Gasteiger partial charge in [-0.3, -0.25) is 0 Å². The molecule has 0 bridgehead atoms. The number of hydrogen-bond donors (Lipinski definition) is 6. The van der Waals surface area contributed by atoms with Crippen molar-refractivity contribution >= 4 is 0 Å². The minimum atomic E-state index is -1.55. The van der Waals surface area contributed by atoms with Crippen molar-refractivity contribution in [2.24, 2.45) is 0 Å². The second kappa shape index (κ2) is 16.2. The van der Waals surface area contributed by atoms with E-state index in [1.807, 2.05) is 0 Å². The second-order valence-corrected chi connectivity index (χ2v) is 6.68. The number of aliphatic hydroxyl groups is 5. The highest BCUT2D eigenvalue weighted by Gasteiger charge is 2.29. The van der Waals surface area contributed by atoms with Gasteiger partial charge in [0.2, 0.25) is 0 Å². The van der Waals surface area contributed by atoms with E-state index in [0.29, 0.717) is 0 Å². The highest BCUT2D eigenvalue weighted by atomic mass is 16.4. The molecule has 0 aliphatic heterocycles. The fourth-order valence-corrected chi connectivity index (χ4v) is 2.67. The summed E-state index contributed by atoms with van der Waals surface area (Å²) < 4.78 is 0. The third-order valence-electron chi connectivity index (χ3n) is 4.39. The summed E-state index contributed by atoms with van der Waals surface area (Å²) in [5.74, 6) is 0. The molecule has 0 spiro atoms. The van der Waals surface area contributed by atoms with Crippen LogP contribution < -0.4 is 5.32 Å². The van der Waals surface area contributed by atoms with E-state index in [9.17, 15) is 20.4 Å². The largest absolute Gasteiger partial charge is 0.394 e. The molecule has 0 radical (unpaired) electrons. The van der Waals surface area contributed by atoms with Crippen LogP contribution in [0, 0.1) is 0 Å². The van der Waals surface area contributed by atoms with E-state index in [4.69, 9.17) is 5.11 Å². The van der Waals surface area contributed by atoms with E-state index in [-0.39, 0.29) is 6.54 Å². The van der Waals surface area contributed by atoms with E-state index in [1.54, 1.807) is 0 Å². The molecule has 0 aromatic carbocycles. The Balaban J connectivity index is 3.43. The SMILES string of the molecule is CCCCCCCCCCCCNC[C@H](O)[C@H](O)[C@@H](O)[C@H](O)CO. The first kappa shape index (κ1) is 23.8. The molecular formula is C18H39NO5. The van der Waals surface area contributed by atoms with Crippen molar-refractivity contribution < 1.29 is 25.5 Å². The van der Waals surface area contributed by atoms with Crippen LogP contribution >= 0.6 is 0 Å². The van der Waals surface area contributed by atoms with Crippen molar-refractivity contribution in [1.82, 2.24) is 5.32 Å². The summed E-state index contributed by atoms with van der Waals surface area (Å²) in [6.07, 6.45) is 7.01. The fraction of sp³-hybridized carbons (Fsp3) is 1.00. The zero-order chi connectivity index (χ0) is 18.2. The topological polar surface area (TPSA) is 113 Å². The molecule has 0 aromatic heterocycles. The summed E-state index contributed by atoms with van der Waals surface area (Å²) in [7, 11) is 0. The van der Waals surface area contributed by atoms with E-state index >= 15 is 0 Å². The lowest BCUT2D eigenvalue weighted by molar-refractivity contribution is -0.113. The third-order valence-corrected chi connectivity index (χ3v) is 4.39. The zero-order valence-electron chi connectivity index (χ0n) is 15.2. The van der Waals surface area contributed by atoms with Gasteiger partial charge in [0.25, 0.3) is 0 Å². The van der Waals surface area contributed by atoms with Crippen molar-refractivity contribution in [2.45, 2.75) is 95.5 Å². The Morgan fingerprint density at radius 3 is 1.62 bits per heavy atom. The molecule has 0 rings (SSSR count). The number of hydrogen-bond acceptors (Lipinski definition) is 6. The third kappa shape index (κ3) is 12.2. The minimum Gasteiger partial charge on any atom is -0.394 e. The van der Waals surface area contributed by atoms with Crippen molar-refractivity contribution in [3.05, 3.63) is 0 Å². The van der Waals surface area contributed by atoms with Crippen molar-refractivity contribution in [3.8, 4) is 0 Å². The smallest absolute Gasteiger partial charge is 0.111 e. The molecular weight excluding hydrogens is 310 g/mol. The summed E-state index contributed by atoms with van der Waals surface area (Å²) in [6.45, 7) is 2.47. The lowest BCUT2D eigenvalue weighted by Gasteiger charge is -2.25. The monoisotopic (exact) mass is 349 g/mol. The summed E-state index contributed by atoms with van der Waals surface area (Å²) >= 11 is 0. The molecule has 0 saturated carbocycles. The summed E-state index contributed by atoms with van der Waals surface area (Å²) in [4.78, 5) is 0. The van der Waals surface area contributed by atoms with E-state index in [1.165, 1.54) is 51.4 Å². The van der Waals surface area contributed by atoms with Crippen LogP contribution in [0.15, 0.2) is 0 Å². The zero-order valence-corrected chi connectivity index (χ0v) is 15.2. The van der Waals surface area contributed by atoms with Gasteiger partial charge < -0.3 is 30.8 Å². The Labute approximate surface area is 146 Å². The minimum absolute atomic E-state index is 0.147. The molecule has 0 fully saturated rings. The van der Waals surface area contributed by atoms with Crippen molar-refractivity contribution in [3.63, 3.8) is 0 Å². The molecule has 24 heavy (non-hydrogen) atoms. The predicted octanol–water partition coefficient (Wildman–Crippen LogP) is 0.933. The van der Waals surface area contributed by atoms with Crippen LogP contribution in [-0.4, -0.2) is 69.6 Å². The number of aliphatic hydroxyl groups excluding tert-OH is 5. The lowest BCUT2D eigenvalue weighted by atomic mass is 10.0. The van der Waals surface area contributed by atoms with Crippen LogP contribution in [0.3, 0.4) is 0 Å². The summed E-state index contributed by atoms with van der Waals surface area (Å²) in [6, 6.07) is 0. The lowest BCUT2D eigenvalue weighted by Crippen LogP contribution is -2.49. The van der Waals surface area contributed by atoms with Gasteiger partial charge in [0.1, 0.15) is 18.3 Å². The first-order chi connectivity index (χ1) is 11.5. The fourth-order valence-electron chi connectivity index (χ4n) is 2.67. The van der Waals surface area contributed by atoms with Gasteiger partial charge in [-0.1, -0.05) is 64.7 Å². The number of rotatable bonds is 17. The van der Waals surface area contributed by atoms with Gasteiger partial charge in [-0.2, -0.15) is 0 Å². The predicted molar refractivity (Wildman–Crippen MR) is 95.8 cm³/mol. The van der Waals surface area contributed by atoms with Gasteiger partial charge in [0.05, 0.1) is 12.7 Å². The van der Waals surface area contributed by atoms with Crippen molar-refractivity contribution in [2.75, 3.05) is 19.7 Å². The van der Waals surface area contributed by atoms with Gasteiger partial charge in [-0.05, 0) is 13.0 Å². The first-order valence-corrected chi connectivity index (χ1v) is 9.58. The Bertz CT molecular complexity index is 268. The standard InChI is InChI=1S/C18H39NO5/c1-2-3-4-5-6-7-8-9-10-11-12-19-13-15(21)17(23)18(24)16(22)14-20/h15-24H,2-14H2,1H3/t15-,16+,17-,18-/m0/s1. The Hall–Kier alpha value is -0.240. The molecule has 6 nitrogen and oxygen atoms in total. The number of nitrogens with one attached hydrogen (secondary N) is 1. The molecule has 0 unspecified atom stereocenters. The van der Waals surface area contributed by atoms with Gasteiger partial charge in [-0.15, -0.1) is 0 Å². The van der Waals surface area contributed by atoms with Crippen LogP contribution in [0.5, 0.6) is 0 Å². The molecule has 0 saturated heterocycles. The van der Waals surface area contributed by atoms with E-state index in [0.717, 1.165) is 19.4 Å². The molecule has 0 aromatic rings. The van der Waals surface area contributed by atoms with Gasteiger partial charge in [-0.25, -0.2) is 0 Å². The molecule has 0 heterocycles. The van der Waals surface area contributed by atoms with Gasteiger partial charge in [0, 0.05) is 6.54 Å². The average Bonchev–Trinajstić information content (AvgIpc) is 2.60. The molecule has 0 aliphatic carbocycles. The summed E-state index contributed by atoms with van der Waals surface area (Å²) in [5.41, 5.74) is 0. The van der Waals surface area contributed by atoms with Crippen LogP contribution in [0.25, 0.3) is 0 Å². The van der Waals surface area contributed by atoms with E-state index in [2.05, 4.69) is 12.2 Å². The quantitative estimate of drug-likeness (QED) is 0.218. The highest BCUT2D eigenvalue weighted by Crippen LogP contribution is 2.10. The van der Waals surface area contributed by atoms with E-state index < -0.39 is 31.0 Å². The normalized spacial score (nSPS) is 16.8.